The van der Waals surface area contributed by atoms with Gasteiger partial charge in [-0.3, -0.25) is 4.79 Å². The van der Waals surface area contributed by atoms with E-state index in [0.29, 0.717) is 35.5 Å². The molecule has 0 bridgehead atoms. The Morgan fingerprint density at radius 2 is 1.64 bits per heavy atom. The predicted octanol–water partition coefficient (Wildman–Crippen LogP) is 7.28. The van der Waals surface area contributed by atoms with Crippen molar-refractivity contribution in [3.05, 3.63) is 138 Å². The highest BCUT2D eigenvalue weighted by Gasteiger charge is 2.52. The molecule has 0 saturated heterocycles. The van der Waals surface area contributed by atoms with E-state index in [-0.39, 0.29) is 25.5 Å². The van der Waals surface area contributed by atoms with Gasteiger partial charge in [-0.1, -0.05) is 72.8 Å². The van der Waals surface area contributed by atoms with Gasteiger partial charge in [0.15, 0.2) is 11.6 Å². The van der Waals surface area contributed by atoms with Crippen LogP contribution in [0.1, 0.15) is 41.2 Å². The molecule has 0 radical (unpaired) electrons. The number of rotatable bonds is 12. The molecule has 5 rings (SSSR count). The van der Waals surface area contributed by atoms with Gasteiger partial charge in [-0.2, -0.15) is 13.2 Å². The van der Waals surface area contributed by atoms with Crippen LogP contribution >= 0.6 is 0 Å². The van der Waals surface area contributed by atoms with Gasteiger partial charge in [0.25, 0.3) is 5.91 Å². The molecule has 2 N–H and O–H groups in total. The van der Waals surface area contributed by atoms with Crippen molar-refractivity contribution in [1.29, 1.82) is 0 Å². The summed E-state index contributed by atoms with van der Waals surface area (Å²) in [5.74, 6) is 0.344. The third-order valence-corrected chi connectivity index (χ3v) is 7.51. The van der Waals surface area contributed by atoms with E-state index in [9.17, 15) is 18.0 Å². The molecule has 0 fully saturated rings. The molecule has 0 saturated carbocycles. The topological polar surface area (TPSA) is 80.2 Å². The van der Waals surface area contributed by atoms with Gasteiger partial charge in [-0.05, 0) is 58.7 Å². The number of amides is 1. The van der Waals surface area contributed by atoms with Crippen LogP contribution in [0.4, 0.5) is 13.2 Å². The summed E-state index contributed by atoms with van der Waals surface area (Å²) in [5.41, 5.74) is 1.36. The SMILES string of the molecule is C=CC[C@@]1(C(=O)NCc2cccc(C(F)(F)F)c2)N=C(c2ccc(OCCCO)cc2)O[C@@H]1c1ccc(-c2ccccc2)cc1. The number of carbonyl (C=O) groups excluding carboxylic acids is 1. The Hall–Kier alpha value is -4.89. The summed E-state index contributed by atoms with van der Waals surface area (Å²) in [7, 11) is 0. The standard InChI is InChI=1S/C36H33F3N2O4/c1-2-20-35(34(43)40-24-25-8-6-11-30(23-25)36(37,38)39)32(28-14-12-27(13-15-28)26-9-4-3-5-10-26)45-33(41-35)29-16-18-31(19-17-29)44-22-7-21-42/h2-6,8-19,23,32,42H,1,7,20-22,24H2,(H,40,43)/t32-,35-/m1/s1. The van der Waals surface area contributed by atoms with Crippen molar-refractivity contribution in [3.8, 4) is 16.9 Å². The second-order valence-electron chi connectivity index (χ2n) is 10.7. The largest absolute Gasteiger partial charge is 0.494 e. The maximum absolute atomic E-state index is 14.1. The number of ether oxygens (including phenoxy) is 2. The number of nitrogens with one attached hydrogen (secondary N) is 1. The molecule has 1 heterocycles. The fourth-order valence-electron chi connectivity index (χ4n) is 5.21. The molecule has 1 aliphatic heterocycles. The first-order valence-corrected chi connectivity index (χ1v) is 14.5. The van der Waals surface area contributed by atoms with Gasteiger partial charge in [0.2, 0.25) is 5.90 Å². The Kier molecular flexibility index (Phi) is 9.68. The third kappa shape index (κ3) is 7.26. The summed E-state index contributed by atoms with van der Waals surface area (Å²) in [6.45, 7) is 4.13. The van der Waals surface area contributed by atoms with Crippen LogP contribution in [0.5, 0.6) is 5.75 Å². The van der Waals surface area contributed by atoms with E-state index in [4.69, 9.17) is 19.6 Å². The van der Waals surface area contributed by atoms with Crippen molar-refractivity contribution < 1.29 is 32.5 Å². The monoisotopic (exact) mass is 614 g/mol. The highest BCUT2D eigenvalue weighted by atomic mass is 19.4. The second kappa shape index (κ2) is 13.8. The van der Waals surface area contributed by atoms with Gasteiger partial charge in [0.1, 0.15) is 5.75 Å². The van der Waals surface area contributed by atoms with Gasteiger partial charge in [0, 0.05) is 31.6 Å². The molecule has 0 unspecified atom stereocenters. The van der Waals surface area contributed by atoms with Gasteiger partial charge >= 0.3 is 6.18 Å². The van der Waals surface area contributed by atoms with Crippen LogP contribution in [0, 0.1) is 0 Å². The molecule has 9 heteroatoms. The Morgan fingerprint density at radius 3 is 2.31 bits per heavy atom. The quantitative estimate of drug-likeness (QED) is 0.130. The smallest absolute Gasteiger partial charge is 0.416 e. The average Bonchev–Trinajstić information content (AvgIpc) is 3.45. The van der Waals surface area contributed by atoms with Crippen molar-refractivity contribution in [2.75, 3.05) is 13.2 Å². The average molecular weight is 615 g/mol. The first-order chi connectivity index (χ1) is 21.7. The summed E-state index contributed by atoms with van der Waals surface area (Å²) in [6, 6.07) is 29.4. The molecule has 2 atom stereocenters. The van der Waals surface area contributed by atoms with Crippen LogP contribution in [0.2, 0.25) is 0 Å². The molecule has 4 aromatic carbocycles. The molecule has 4 aromatic rings. The zero-order valence-corrected chi connectivity index (χ0v) is 24.5. The number of aliphatic hydroxyl groups is 1. The number of carbonyl (C=O) groups is 1. The number of hydrogen-bond donors (Lipinski definition) is 2. The van der Waals surface area contributed by atoms with E-state index in [1.54, 1.807) is 30.3 Å². The lowest BCUT2D eigenvalue weighted by Crippen LogP contribution is -2.47. The summed E-state index contributed by atoms with van der Waals surface area (Å²) in [6.07, 6.45) is -3.15. The lowest BCUT2D eigenvalue weighted by atomic mass is 9.84. The van der Waals surface area contributed by atoms with Crippen molar-refractivity contribution >= 4 is 11.8 Å². The number of hydrogen-bond acceptors (Lipinski definition) is 5. The fraction of sp³-hybridized carbons (Fsp3) is 0.222. The van der Waals surface area contributed by atoms with E-state index in [1.807, 2.05) is 54.6 Å². The van der Waals surface area contributed by atoms with Gasteiger partial charge < -0.3 is 19.9 Å². The summed E-state index contributed by atoms with van der Waals surface area (Å²) < 4.78 is 52.0. The molecular formula is C36H33F3N2O4. The van der Waals surface area contributed by atoms with Crippen LogP contribution < -0.4 is 10.1 Å². The molecule has 45 heavy (non-hydrogen) atoms. The maximum atomic E-state index is 14.1. The van der Waals surface area contributed by atoms with Crippen LogP contribution in [0.25, 0.3) is 11.1 Å². The first-order valence-electron chi connectivity index (χ1n) is 14.5. The zero-order valence-electron chi connectivity index (χ0n) is 24.5. The maximum Gasteiger partial charge on any atom is 0.416 e. The van der Waals surface area contributed by atoms with Crippen LogP contribution in [0.15, 0.2) is 121 Å². The minimum atomic E-state index is -4.50. The highest BCUT2D eigenvalue weighted by molar-refractivity contribution is 6.01. The summed E-state index contributed by atoms with van der Waals surface area (Å²) in [5, 5.41) is 11.8. The summed E-state index contributed by atoms with van der Waals surface area (Å²) >= 11 is 0. The van der Waals surface area contributed by atoms with E-state index in [2.05, 4.69) is 11.9 Å². The molecular weight excluding hydrogens is 581 g/mol. The molecule has 0 aliphatic carbocycles. The van der Waals surface area contributed by atoms with E-state index in [0.717, 1.165) is 23.3 Å². The minimum Gasteiger partial charge on any atom is -0.494 e. The van der Waals surface area contributed by atoms with Crippen molar-refractivity contribution in [2.24, 2.45) is 4.99 Å². The number of alkyl halides is 3. The van der Waals surface area contributed by atoms with Crippen LogP contribution in [0.3, 0.4) is 0 Å². The van der Waals surface area contributed by atoms with E-state index >= 15 is 0 Å². The number of benzene rings is 4. The van der Waals surface area contributed by atoms with Gasteiger partial charge in [0.05, 0.1) is 12.2 Å². The number of aliphatic imine (C=N–C) groups is 1. The minimum absolute atomic E-state index is 0.0255. The normalized spacial score (nSPS) is 17.7. The van der Waals surface area contributed by atoms with Crippen molar-refractivity contribution in [3.63, 3.8) is 0 Å². The Morgan fingerprint density at radius 1 is 0.956 bits per heavy atom. The predicted molar refractivity (Wildman–Crippen MR) is 167 cm³/mol. The Bertz CT molecular complexity index is 1640. The Balaban J connectivity index is 1.47. The first kappa shape index (κ1) is 31.5. The van der Waals surface area contributed by atoms with Gasteiger partial charge in [-0.25, -0.2) is 4.99 Å². The lowest BCUT2D eigenvalue weighted by molar-refractivity contribution is -0.137. The Labute approximate surface area is 259 Å². The molecule has 232 valence electrons. The highest BCUT2D eigenvalue weighted by Crippen LogP contribution is 2.43. The second-order valence-corrected chi connectivity index (χ2v) is 10.7. The van der Waals surface area contributed by atoms with E-state index < -0.39 is 29.3 Å². The summed E-state index contributed by atoms with van der Waals surface area (Å²) in [4.78, 5) is 18.9. The molecule has 0 spiro atoms. The van der Waals surface area contributed by atoms with Crippen LogP contribution in [-0.4, -0.2) is 35.7 Å². The number of nitrogens with zero attached hydrogens (tertiary/aromatic N) is 1. The molecule has 1 aliphatic rings. The van der Waals surface area contributed by atoms with Crippen molar-refractivity contribution in [2.45, 2.75) is 37.2 Å². The zero-order chi connectivity index (χ0) is 31.9. The molecule has 6 nitrogen and oxygen atoms in total. The fourth-order valence-corrected chi connectivity index (χ4v) is 5.21. The molecule has 0 aromatic heterocycles. The van der Waals surface area contributed by atoms with E-state index in [1.165, 1.54) is 12.1 Å². The van der Waals surface area contributed by atoms with Gasteiger partial charge in [-0.15, -0.1) is 6.58 Å². The third-order valence-electron chi connectivity index (χ3n) is 7.51. The lowest BCUT2D eigenvalue weighted by Gasteiger charge is -2.30. The number of aliphatic hydroxyl groups excluding tert-OH is 1. The van der Waals surface area contributed by atoms with Crippen molar-refractivity contribution in [1.82, 2.24) is 5.32 Å². The van der Waals surface area contributed by atoms with Crippen LogP contribution in [-0.2, 0) is 22.3 Å². The number of halogens is 3. The molecule has 1 amide bonds.